The van der Waals surface area contributed by atoms with Crippen LogP contribution in [0.4, 0.5) is 5.69 Å². The van der Waals surface area contributed by atoms with Crippen LogP contribution in [0.3, 0.4) is 0 Å². The molecule has 0 heterocycles. The molecule has 0 saturated carbocycles. The standard InChI is InChI=1S/C20H19NO/c1-3-21(17-11-6-8-15(2)14-17)20(22)19-13-7-10-16-9-4-5-12-18(16)19/h4-14H,3H2,1-2H3. The average molecular weight is 289 g/mol. The molecule has 0 atom stereocenters. The van der Waals surface area contributed by atoms with E-state index in [4.69, 9.17) is 0 Å². The molecule has 0 unspecified atom stereocenters. The molecule has 0 N–H and O–H groups in total. The Kier molecular flexibility index (Phi) is 3.92. The van der Waals surface area contributed by atoms with E-state index in [-0.39, 0.29) is 5.91 Å². The number of aryl methyl sites for hydroxylation is 1. The molecule has 0 radical (unpaired) electrons. The Labute approximate surface area is 131 Å². The van der Waals surface area contributed by atoms with Gasteiger partial charge in [-0.3, -0.25) is 4.79 Å². The summed E-state index contributed by atoms with van der Waals surface area (Å²) in [5.41, 5.74) is 2.85. The molecule has 0 aromatic heterocycles. The summed E-state index contributed by atoms with van der Waals surface area (Å²) in [6, 6.07) is 22.0. The van der Waals surface area contributed by atoms with E-state index in [0.29, 0.717) is 6.54 Å². The van der Waals surface area contributed by atoms with Gasteiger partial charge in [0.2, 0.25) is 0 Å². The molecule has 0 spiro atoms. The quantitative estimate of drug-likeness (QED) is 0.677. The minimum atomic E-state index is 0.0462. The number of anilines is 1. The zero-order valence-electron chi connectivity index (χ0n) is 12.9. The fraction of sp³-hybridized carbons (Fsp3) is 0.150. The molecule has 110 valence electrons. The molecule has 22 heavy (non-hydrogen) atoms. The summed E-state index contributed by atoms with van der Waals surface area (Å²) in [4.78, 5) is 14.9. The zero-order valence-corrected chi connectivity index (χ0v) is 12.9. The summed E-state index contributed by atoms with van der Waals surface area (Å²) in [6.07, 6.45) is 0. The largest absolute Gasteiger partial charge is 0.309 e. The van der Waals surface area contributed by atoms with E-state index >= 15 is 0 Å². The third-order valence-electron chi connectivity index (χ3n) is 3.89. The first-order valence-electron chi connectivity index (χ1n) is 7.57. The first-order valence-corrected chi connectivity index (χ1v) is 7.57. The molecule has 1 amide bonds. The van der Waals surface area contributed by atoms with Gasteiger partial charge >= 0.3 is 0 Å². The highest BCUT2D eigenvalue weighted by molar-refractivity contribution is 6.14. The SMILES string of the molecule is CCN(C(=O)c1cccc2ccccc12)c1cccc(C)c1. The fourth-order valence-corrected chi connectivity index (χ4v) is 2.80. The van der Waals surface area contributed by atoms with Crippen molar-refractivity contribution >= 4 is 22.4 Å². The maximum absolute atomic E-state index is 13.0. The van der Waals surface area contributed by atoms with Crippen molar-refractivity contribution in [2.45, 2.75) is 13.8 Å². The Balaban J connectivity index is 2.07. The van der Waals surface area contributed by atoms with Gasteiger partial charge < -0.3 is 4.90 Å². The molecule has 2 heteroatoms. The number of hydrogen-bond acceptors (Lipinski definition) is 1. The molecule has 0 aliphatic carbocycles. The number of nitrogens with zero attached hydrogens (tertiary/aromatic N) is 1. The summed E-state index contributed by atoms with van der Waals surface area (Å²) >= 11 is 0. The van der Waals surface area contributed by atoms with E-state index in [1.807, 2.05) is 85.5 Å². The zero-order chi connectivity index (χ0) is 15.5. The molecule has 2 nitrogen and oxygen atoms in total. The van der Waals surface area contributed by atoms with Gasteiger partial charge in [0.15, 0.2) is 0 Å². The van der Waals surface area contributed by atoms with Gasteiger partial charge in [-0.1, -0.05) is 48.5 Å². The number of hydrogen-bond donors (Lipinski definition) is 0. The maximum Gasteiger partial charge on any atom is 0.258 e. The number of carbonyl (C=O) groups is 1. The van der Waals surface area contributed by atoms with Gasteiger partial charge in [0, 0.05) is 17.8 Å². The molecular formula is C20H19NO. The maximum atomic E-state index is 13.0. The highest BCUT2D eigenvalue weighted by Crippen LogP contribution is 2.23. The van der Waals surface area contributed by atoms with E-state index in [1.165, 1.54) is 0 Å². The molecule has 0 fully saturated rings. The molecule has 0 aliphatic rings. The lowest BCUT2D eigenvalue weighted by molar-refractivity contribution is 0.0990. The average Bonchev–Trinajstić information content (AvgIpc) is 2.55. The minimum absolute atomic E-state index is 0.0462. The monoisotopic (exact) mass is 289 g/mol. The van der Waals surface area contributed by atoms with Gasteiger partial charge in [-0.2, -0.15) is 0 Å². The van der Waals surface area contributed by atoms with Crippen molar-refractivity contribution in [2.24, 2.45) is 0 Å². The number of benzene rings is 3. The topological polar surface area (TPSA) is 20.3 Å². The first-order chi connectivity index (χ1) is 10.7. The molecular weight excluding hydrogens is 270 g/mol. The van der Waals surface area contributed by atoms with E-state index in [9.17, 15) is 4.79 Å². The van der Waals surface area contributed by atoms with Crippen LogP contribution in [0.15, 0.2) is 66.7 Å². The smallest absolute Gasteiger partial charge is 0.258 e. The van der Waals surface area contributed by atoms with E-state index < -0.39 is 0 Å². The van der Waals surface area contributed by atoms with Crippen LogP contribution in [0.25, 0.3) is 10.8 Å². The fourth-order valence-electron chi connectivity index (χ4n) is 2.80. The van der Waals surface area contributed by atoms with Crippen LogP contribution in [0.1, 0.15) is 22.8 Å². The summed E-state index contributed by atoms with van der Waals surface area (Å²) in [5.74, 6) is 0.0462. The van der Waals surface area contributed by atoms with Gasteiger partial charge in [-0.15, -0.1) is 0 Å². The van der Waals surface area contributed by atoms with Crippen LogP contribution >= 0.6 is 0 Å². The van der Waals surface area contributed by atoms with Crippen LogP contribution < -0.4 is 4.90 Å². The van der Waals surface area contributed by atoms with Gasteiger partial charge in [0.05, 0.1) is 0 Å². The predicted molar refractivity (Wildman–Crippen MR) is 92.5 cm³/mol. The summed E-state index contributed by atoms with van der Waals surface area (Å²) < 4.78 is 0. The first kappa shape index (κ1) is 14.3. The van der Waals surface area contributed by atoms with Crippen LogP contribution in [0, 0.1) is 6.92 Å². The van der Waals surface area contributed by atoms with E-state index in [0.717, 1.165) is 27.6 Å². The highest BCUT2D eigenvalue weighted by Gasteiger charge is 2.18. The Morgan fingerprint density at radius 3 is 2.45 bits per heavy atom. The van der Waals surface area contributed by atoms with Crippen molar-refractivity contribution in [3.05, 3.63) is 77.9 Å². The Bertz CT molecular complexity index is 817. The second-order valence-corrected chi connectivity index (χ2v) is 5.42. The second-order valence-electron chi connectivity index (χ2n) is 5.42. The second kappa shape index (κ2) is 6.02. The van der Waals surface area contributed by atoms with Crippen molar-refractivity contribution in [1.82, 2.24) is 0 Å². The third kappa shape index (κ3) is 2.60. The van der Waals surface area contributed by atoms with Crippen molar-refractivity contribution in [3.8, 4) is 0 Å². The van der Waals surface area contributed by atoms with E-state index in [1.54, 1.807) is 0 Å². The molecule has 3 aromatic carbocycles. The van der Waals surface area contributed by atoms with Crippen LogP contribution in [-0.2, 0) is 0 Å². The van der Waals surface area contributed by atoms with Gasteiger partial charge in [0.25, 0.3) is 5.91 Å². The lowest BCUT2D eigenvalue weighted by Crippen LogP contribution is -2.30. The molecule has 3 rings (SSSR count). The number of rotatable bonds is 3. The van der Waals surface area contributed by atoms with Gasteiger partial charge in [0.1, 0.15) is 0 Å². The molecule has 0 saturated heterocycles. The number of carbonyl (C=O) groups excluding carboxylic acids is 1. The number of fused-ring (bicyclic) bond motifs is 1. The van der Waals surface area contributed by atoms with E-state index in [2.05, 4.69) is 0 Å². The predicted octanol–water partition coefficient (Wildman–Crippen LogP) is 4.81. The van der Waals surface area contributed by atoms with Crippen LogP contribution in [0.2, 0.25) is 0 Å². The lowest BCUT2D eigenvalue weighted by atomic mass is 10.0. The summed E-state index contributed by atoms with van der Waals surface area (Å²) in [6.45, 7) is 4.69. The Morgan fingerprint density at radius 1 is 0.955 bits per heavy atom. The minimum Gasteiger partial charge on any atom is -0.309 e. The van der Waals surface area contributed by atoms with Crippen molar-refractivity contribution in [1.29, 1.82) is 0 Å². The Hall–Kier alpha value is -2.61. The van der Waals surface area contributed by atoms with Crippen LogP contribution in [-0.4, -0.2) is 12.5 Å². The van der Waals surface area contributed by atoms with Gasteiger partial charge in [-0.05, 0) is 48.4 Å². The van der Waals surface area contributed by atoms with Crippen molar-refractivity contribution < 1.29 is 4.79 Å². The Morgan fingerprint density at radius 2 is 1.68 bits per heavy atom. The normalized spacial score (nSPS) is 10.6. The number of amides is 1. The van der Waals surface area contributed by atoms with Gasteiger partial charge in [-0.25, -0.2) is 0 Å². The van der Waals surface area contributed by atoms with Crippen molar-refractivity contribution in [3.63, 3.8) is 0 Å². The summed E-state index contributed by atoms with van der Waals surface area (Å²) in [5, 5.41) is 2.09. The highest BCUT2D eigenvalue weighted by atomic mass is 16.2. The molecule has 0 aliphatic heterocycles. The van der Waals surface area contributed by atoms with Crippen molar-refractivity contribution in [2.75, 3.05) is 11.4 Å². The van der Waals surface area contributed by atoms with Crippen LogP contribution in [0.5, 0.6) is 0 Å². The third-order valence-corrected chi connectivity index (χ3v) is 3.89. The summed E-state index contributed by atoms with van der Waals surface area (Å²) in [7, 11) is 0. The lowest BCUT2D eigenvalue weighted by Gasteiger charge is -2.22. The molecule has 0 bridgehead atoms. The molecule has 3 aromatic rings.